The number of halogens is 2. The number of aromatic amines is 2. The summed E-state index contributed by atoms with van der Waals surface area (Å²) in [4.78, 5) is 42.1. The van der Waals surface area contributed by atoms with Gasteiger partial charge in [0.2, 0.25) is 0 Å². The zero-order valence-corrected chi connectivity index (χ0v) is 13.8. The second-order valence-corrected chi connectivity index (χ2v) is 7.22. The van der Waals surface area contributed by atoms with E-state index >= 15 is 0 Å². The van der Waals surface area contributed by atoms with Crippen molar-refractivity contribution in [2.45, 2.75) is 19.9 Å². The van der Waals surface area contributed by atoms with E-state index in [4.69, 9.17) is 23.2 Å². The molecule has 6 nitrogen and oxygen atoms in total. The second-order valence-electron chi connectivity index (χ2n) is 4.99. The Kier molecular flexibility index (Phi) is 3.88. The van der Waals surface area contributed by atoms with Gasteiger partial charge in [0.25, 0.3) is 11.5 Å². The molecule has 0 atom stereocenters. The number of hydrogen-bond acceptors (Lipinski definition) is 4. The number of aromatic nitrogens is 2. The summed E-state index contributed by atoms with van der Waals surface area (Å²) < 4.78 is 0.827. The van der Waals surface area contributed by atoms with Gasteiger partial charge >= 0.3 is 5.69 Å². The lowest BCUT2D eigenvalue weighted by molar-refractivity contribution is 0.0731. The van der Waals surface area contributed by atoms with Crippen LogP contribution in [0.4, 0.5) is 0 Å². The number of hydrogen-bond donors (Lipinski definition) is 2. The molecular formula is C13H11Cl2N3O3S. The van der Waals surface area contributed by atoms with Gasteiger partial charge in [-0.2, -0.15) is 0 Å². The van der Waals surface area contributed by atoms with E-state index in [2.05, 4.69) is 9.97 Å². The third kappa shape index (κ3) is 2.49. The minimum absolute atomic E-state index is 0.163. The van der Waals surface area contributed by atoms with E-state index in [0.29, 0.717) is 44.0 Å². The molecule has 1 aliphatic heterocycles. The molecule has 3 rings (SSSR count). The van der Waals surface area contributed by atoms with Gasteiger partial charge in [-0.1, -0.05) is 23.2 Å². The van der Waals surface area contributed by atoms with E-state index in [1.165, 1.54) is 0 Å². The maximum Gasteiger partial charge on any atom is 0.325 e. The topological polar surface area (TPSA) is 86.0 Å². The van der Waals surface area contributed by atoms with Gasteiger partial charge < -0.3 is 9.88 Å². The lowest BCUT2D eigenvalue weighted by atomic mass is 10.1. The molecule has 116 valence electrons. The van der Waals surface area contributed by atoms with Crippen LogP contribution in [0.25, 0.3) is 0 Å². The molecule has 0 radical (unpaired) electrons. The summed E-state index contributed by atoms with van der Waals surface area (Å²) in [7, 11) is 0. The normalized spacial score (nSPS) is 14.0. The lowest BCUT2D eigenvalue weighted by Crippen LogP contribution is -2.41. The predicted molar refractivity (Wildman–Crippen MR) is 85.2 cm³/mol. The Morgan fingerprint density at radius 3 is 2.59 bits per heavy atom. The average Bonchev–Trinajstić information content (AvgIpc) is 2.70. The molecule has 0 spiro atoms. The summed E-state index contributed by atoms with van der Waals surface area (Å²) in [6.45, 7) is 2.28. The molecule has 9 heteroatoms. The van der Waals surface area contributed by atoms with Crippen LogP contribution in [-0.4, -0.2) is 27.3 Å². The zero-order valence-electron chi connectivity index (χ0n) is 11.5. The number of carbonyl (C=O) groups excluding carboxylic acids is 1. The van der Waals surface area contributed by atoms with E-state index < -0.39 is 11.2 Å². The quantitative estimate of drug-likeness (QED) is 0.815. The molecular weight excluding hydrogens is 349 g/mol. The molecule has 0 saturated carbocycles. The third-order valence-electron chi connectivity index (χ3n) is 3.66. The van der Waals surface area contributed by atoms with Gasteiger partial charge in [-0.15, -0.1) is 11.3 Å². The van der Waals surface area contributed by atoms with Gasteiger partial charge in [0.05, 0.1) is 16.4 Å². The molecule has 1 amide bonds. The Balaban J connectivity index is 1.96. The molecule has 0 bridgehead atoms. The molecule has 2 aromatic rings. The number of fused-ring (bicyclic) bond motifs is 1. The summed E-state index contributed by atoms with van der Waals surface area (Å²) in [5.41, 5.74) is 1.02. The largest absolute Gasteiger partial charge is 0.332 e. The van der Waals surface area contributed by atoms with Crippen molar-refractivity contribution in [2.75, 3.05) is 6.54 Å². The second kappa shape index (κ2) is 5.57. The first-order chi connectivity index (χ1) is 10.4. The van der Waals surface area contributed by atoms with Crippen LogP contribution < -0.4 is 11.2 Å². The number of H-pyrrole nitrogens is 2. The fourth-order valence-corrected chi connectivity index (χ4v) is 4.16. The Labute approximate surface area is 138 Å². The van der Waals surface area contributed by atoms with Crippen molar-refractivity contribution in [3.63, 3.8) is 0 Å². The Morgan fingerprint density at radius 1 is 1.23 bits per heavy atom. The molecule has 2 N–H and O–H groups in total. The molecule has 0 aromatic carbocycles. The van der Waals surface area contributed by atoms with Crippen molar-refractivity contribution < 1.29 is 4.79 Å². The zero-order chi connectivity index (χ0) is 16.0. The molecule has 2 aromatic heterocycles. The smallest absolute Gasteiger partial charge is 0.325 e. The number of thiophene rings is 1. The van der Waals surface area contributed by atoms with Gasteiger partial charge in [-0.25, -0.2) is 4.79 Å². The van der Waals surface area contributed by atoms with Crippen molar-refractivity contribution in [2.24, 2.45) is 0 Å². The van der Waals surface area contributed by atoms with Crippen LogP contribution in [0.2, 0.25) is 8.67 Å². The summed E-state index contributed by atoms with van der Waals surface area (Å²) >= 11 is 13.2. The van der Waals surface area contributed by atoms with Crippen LogP contribution in [0.15, 0.2) is 9.59 Å². The fraction of sp³-hybridized carbons (Fsp3) is 0.308. The van der Waals surface area contributed by atoms with E-state index in [-0.39, 0.29) is 12.5 Å². The van der Waals surface area contributed by atoms with Gasteiger partial charge in [0.1, 0.15) is 4.34 Å². The summed E-state index contributed by atoms with van der Waals surface area (Å²) in [6.07, 6.45) is 0.377. The van der Waals surface area contributed by atoms with Gasteiger partial charge in [0, 0.05) is 17.8 Å². The van der Waals surface area contributed by atoms with Crippen LogP contribution in [0.3, 0.4) is 0 Å². The van der Waals surface area contributed by atoms with Crippen LogP contribution in [0.5, 0.6) is 0 Å². The van der Waals surface area contributed by atoms with Gasteiger partial charge in [0.15, 0.2) is 0 Å². The highest BCUT2D eigenvalue weighted by atomic mass is 35.5. The molecule has 0 fully saturated rings. The third-order valence-corrected chi connectivity index (χ3v) is 5.46. The molecule has 0 saturated heterocycles. The number of rotatable bonds is 1. The highest BCUT2D eigenvalue weighted by Gasteiger charge is 2.28. The monoisotopic (exact) mass is 359 g/mol. The molecule has 0 aliphatic carbocycles. The van der Waals surface area contributed by atoms with Crippen molar-refractivity contribution >= 4 is 40.4 Å². The van der Waals surface area contributed by atoms with Crippen LogP contribution in [-0.2, 0) is 13.0 Å². The highest BCUT2D eigenvalue weighted by molar-refractivity contribution is 7.20. The SMILES string of the molecule is Cc1c(Cl)sc(Cl)c1C(=O)N1CCc2c([nH]c(=O)[nH]c2=O)C1. The first-order valence-electron chi connectivity index (χ1n) is 6.46. The maximum atomic E-state index is 12.6. The minimum atomic E-state index is -0.578. The van der Waals surface area contributed by atoms with Crippen molar-refractivity contribution in [3.05, 3.63) is 51.9 Å². The van der Waals surface area contributed by atoms with Gasteiger partial charge in [-0.3, -0.25) is 14.6 Å². The van der Waals surface area contributed by atoms with Crippen LogP contribution >= 0.6 is 34.5 Å². The molecule has 22 heavy (non-hydrogen) atoms. The van der Waals surface area contributed by atoms with Crippen molar-refractivity contribution in [3.8, 4) is 0 Å². The average molecular weight is 360 g/mol. The summed E-state index contributed by atoms with van der Waals surface area (Å²) in [6, 6.07) is 0. The predicted octanol–water partition coefficient (Wildman–Crippen LogP) is 1.94. The van der Waals surface area contributed by atoms with Gasteiger partial charge in [-0.05, 0) is 18.9 Å². The number of amides is 1. The number of nitrogens with one attached hydrogen (secondary N) is 2. The molecule has 3 heterocycles. The Morgan fingerprint density at radius 2 is 1.95 bits per heavy atom. The van der Waals surface area contributed by atoms with Crippen molar-refractivity contribution in [1.82, 2.24) is 14.9 Å². The number of nitrogens with zero attached hydrogens (tertiary/aromatic N) is 1. The van der Waals surface area contributed by atoms with Crippen molar-refractivity contribution in [1.29, 1.82) is 0 Å². The van der Waals surface area contributed by atoms with E-state index in [0.717, 1.165) is 11.3 Å². The summed E-state index contributed by atoms with van der Waals surface area (Å²) in [5.74, 6) is -0.252. The molecule has 1 aliphatic rings. The fourth-order valence-electron chi connectivity index (χ4n) is 2.50. The maximum absolute atomic E-state index is 12.6. The highest BCUT2D eigenvalue weighted by Crippen LogP contribution is 2.37. The van der Waals surface area contributed by atoms with Crippen LogP contribution in [0, 0.1) is 6.92 Å². The van der Waals surface area contributed by atoms with Crippen LogP contribution in [0.1, 0.15) is 27.2 Å². The first kappa shape index (κ1) is 15.3. The van der Waals surface area contributed by atoms with E-state index in [9.17, 15) is 14.4 Å². The van der Waals surface area contributed by atoms with E-state index in [1.54, 1.807) is 11.8 Å². The number of carbonyl (C=O) groups is 1. The van der Waals surface area contributed by atoms with E-state index in [1.807, 2.05) is 0 Å². The first-order valence-corrected chi connectivity index (χ1v) is 8.03. The summed E-state index contributed by atoms with van der Waals surface area (Å²) in [5, 5.41) is 0. The molecule has 0 unspecified atom stereocenters. The lowest BCUT2D eigenvalue weighted by Gasteiger charge is -2.28. The minimum Gasteiger partial charge on any atom is -0.332 e. The Bertz CT molecular complexity index is 884. The standard InChI is InChI=1S/C13H11Cl2N3O3S/c1-5-8(10(15)22-9(5)14)12(20)18-3-2-6-7(4-18)16-13(21)17-11(6)19/h2-4H2,1H3,(H2,16,17,19,21). The Hall–Kier alpha value is -1.57.